The molecule has 0 aromatic heterocycles. The van der Waals surface area contributed by atoms with Crippen LogP contribution in [0.15, 0.2) is 23.4 Å². The number of aliphatic hydroxyl groups excluding tert-OH is 2. The molecule has 0 aromatic rings. The van der Waals surface area contributed by atoms with Gasteiger partial charge in [-0.1, -0.05) is 13.8 Å². The van der Waals surface area contributed by atoms with Crippen LogP contribution in [-0.4, -0.2) is 16.3 Å². The third-order valence-electron chi connectivity index (χ3n) is 1.81. The van der Waals surface area contributed by atoms with E-state index < -0.39 is 6.10 Å². The minimum absolute atomic E-state index is 0.0857. The average Bonchev–Trinajstić information content (AvgIpc) is 1.99. The van der Waals surface area contributed by atoms with Crippen LogP contribution in [0.25, 0.3) is 0 Å². The van der Waals surface area contributed by atoms with Gasteiger partial charge < -0.3 is 14.9 Å². The first-order valence-corrected chi connectivity index (χ1v) is 4.02. The van der Waals surface area contributed by atoms with Crippen LogP contribution in [0.3, 0.4) is 0 Å². The van der Waals surface area contributed by atoms with E-state index >= 15 is 0 Å². The first-order chi connectivity index (χ1) is 5.52. The Kier molecular flexibility index (Phi) is 2.31. The lowest BCUT2D eigenvalue weighted by atomic mass is 10.1. The van der Waals surface area contributed by atoms with Crippen LogP contribution in [0.4, 0.5) is 0 Å². The van der Waals surface area contributed by atoms with E-state index in [1.807, 2.05) is 13.8 Å². The molecule has 2 N–H and O–H groups in total. The molecule has 1 unspecified atom stereocenters. The first kappa shape index (κ1) is 8.97. The minimum atomic E-state index is -0.438. The number of rotatable bonds is 1. The van der Waals surface area contributed by atoms with Crippen LogP contribution in [0.1, 0.15) is 20.8 Å². The van der Waals surface area contributed by atoms with Gasteiger partial charge in [-0.2, -0.15) is 0 Å². The third-order valence-corrected chi connectivity index (χ3v) is 1.81. The fourth-order valence-corrected chi connectivity index (χ4v) is 1.01. The molecule has 3 nitrogen and oxygen atoms in total. The molecular formula is C9H14O3. The molecule has 1 aliphatic rings. The van der Waals surface area contributed by atoms with Gasteiger partial charge in [-0.25, -0.2) is 0 Å². The van der Waals surface area contributed by atoms with E-state index in [0.29, 0.717) is 5.76 Å². The van der Waals surface area contributed by atoms with Crippen LogP contribution < -0.4 is 0 Å². The Morgan fingerprint density at radius 2 is 2.00 bits per heavy atom. The Morgan fingerprint density at radius 1 is 1.42 bits per heavy atom. The van der Waals surface area contributed by atoms with Crippen molar-refractivity contribution in [3.63, 3.8) is 0 Å². The molecule has 0 saturated heterocycles. The van der Waals surface area contributed by atoms with Gasteiger partial charge in [0.1, 0.15) is 5.76 Å². The van der Waals surface area contributed by atoms with Gasteiger partial charge in [-0.15, -0.1) is 0 Å². The fraction of sp³-hybridized carbons (Fsp3) is 0.556. The first-order valence-electron chi connectivity index (χ1n) is 4.02. The molecule has 1 heterocycles. The molecule has 0 bridgehead atoms. The van der Waals surface area contributed by atoms with Crippen molar-refractivity contribution in [1.29, 1.82) is 0 Å². The van der Waals surface area contributed by atoms with Crippen LogP contribution in [-0.2, 0) is 4.74 Å². The molecule has 0 saturated carbocycles. The molecule has 0 spiro atoms. The zero-order valence-electron chi connectivity index (χ0n) is 7.53. The zero-order chi connectivity index (χ0) is 9.30. The van der Waals surface area contributed by atoms with Crippen molar-refractivity contribution in [3.8, 4) is 0 Å². The van der Waals surface area contributed by atoms with Crippen molar-refractivity contribution in [2.45, 2.75) is 26.9 Å². The number of hydrogen-bond donors (Lipinski definition) is 2. The summed E-state index contributed by atoms with van der Waals surface area (Å²) in [6.45, 7) is 5.63. The van der Waals surface area contributed by atoms with Gasteiger partial charge in [0.15, 0.2) is 17.6 Å². The average molecular weight is 170 g/mol. The Bertz CT molecular complexity index is 238. The van der Waals surface area contributed by atoms with Gasteiger partial charge in [0, 0.05) is 12.0 Å². The topological polar surface area (TPSA) is 49.7 Å². The Labute approximate surface area is 72.0 Å². The summed E-state index contributed by atoms with van der Waals surface area (Å²) in [5.74, 6) is 0.748. The molecule has 0 fully saturated rings. The summed E-state index contributed by atoms with van der Waals surface area (Å²) in [6.07, 6.45) is 1.02. The monoisotopic (exact) mass is 170 g/mol. The van der Waals surface area contributed by atoms with E-state index in [1.165, 1.54) is 6.08 Å². The molecule has 68 valence electrons. The highest BCUT2D eigenvalue weighted by atomic mass is 16.5. The second kappa shape index (κ2) is 3.09. The maximum Gasteiger partial charge on any atom is 0.175 e. The quantitative estimate of drug-likeness (QED) is 0.634. The lowest BCUT2D eigenvalue weighted by molar-refractivity contribution is 0.0842. The van der Waals surface area contributed by atoms with Crippen molar-refractivity contribution in [2.75, 3.05) is 0 Å². The Balaban J connectivity index is 2.91. The highest BCUT2D eigenvalue weighted by molar-refractivity contribution is 5.24. The second-order valence-corrected chi connectivity index (χ2v) is 3.23. The second-order valence-electron chi connectivity index (χ2n) is 3.23. The van der Waals surface area contributed by atoms with E-state index in [0.717, 1.165) is 0 Å². The van der Waals surface area contributed by atoms with Crippen molar-refractivity contribution in [2.24, 2.45) is 5.92 Å². The minimum Gasteiger partial charge on any atom is -0.505 e. The summed E-state index contributed by atoms with van der Waals surface area (Å²) < 4.78 is 5.32. The van der Waals surface area contributed by atoms with Gasteiger partial charge in [-0.05, 0) is 6.92 Å². The summed E-state index contributed by atoms with van der Waals surface area (Å²) in [6, 6.07) is 0. The Hall–Kier alpha value is -1.12. The van der Waals surface area contributed by atoms with Crippen molar-refractivity contribution in [3.05, 3.63) is 23.4 Å². The predicted octanol–water partition coefficient (Wildman–Crippen LogP) is 2.27. The SMILES string of the molecule is CC(C)C1=CC(O)=C(O)C(C)O1. The Morgan fingerprint density at radius 3 is 2.42 bits per heavy atom. The molecule has 0 amide bonds. The fourth-order valence-electron chi connectivity index (χ4n) is 1.01. The number of allylic oxidation sites excluding steroid dienone is 2. The molecule has 0 aromatic carbocycles. The molecule has 1 rings (SSSR count). The predicted molar refractivity (Wildman–Crippen MR) is 45.8 cm³/mol. The molecule has 0 aliphatic carbocycles. The van der Waals surface area contributed by atoms with Crippen LogP contribution >= 0.6 is 0 Å². The van der Waals surface area contributed by atoms with Gasteiger partial charge in [0.25, 0.3) is 0 Å². The van der Waals surface area contributed by atoms with E-state index in [1.54, 1.807) is 6.92 Å². The van der Waals surface area contributed by atoms with Gasteiger partial charge in [0.2, 0.25) is 0 Å². The number of hydrogen-bond acceptors (Lipinski definition) is 3. The lowest BCUT2D eigenvalue weighted by Crippen LogP contribution is -2.19. The molecule has 12 heavy (non-hydrogen) atoms. The summed E-state index contributed by atoms with van der Waals surface area (Å²) in [4.78, 5) is 0. The largest absolute Gasteiger partial charge is 0.505 e. The smallest absolute Gasteiger partial charge is 0.175 e. The summed E-state index contributed by atoms with van der Waals surface area (Å²) >= 11 is 0. The molecule has 3 heteroatoms. The van der Waals surface area contributed by atoms with E-state index in [2.05, 4.69) is 0 Å². The number of ether oxygens (including phenoxy) is 1. The summed E-state index contributed by atoms with van der Waals surface area (Å²) in [5.41, 5.74) is 0. The molecule has 0 radical (unpaired) electrons. The van der Waals surface area contributed by atoms with Crippen molar-refractivity contribution in [1.82, 2.24) is 0 Å². The van der Waals surface area contributed by atoms with Crippen LogP contribution in [0.5, 0.6) is 0 Å². The van der Waals surface area contributed by atoms with Crippen molar-refractivity contribution < 1.29 is 14.9 Å². The van der Waals surface area contributed by atoms with Gasteiger partial charge in [0.05, 0.1) is 0 Å². The third kappa shape index (κ3) is 1.55. The van der Waals surface area contributed by atoms with Gasteiger partial charge >= 0.3 is 0 Å². The maximum atomic E-state index is 9.24. The van der Waals surface area contributed by atoms with Gasteiger partial charge in [-0.3, -0.25) is 0 Å². The van der Waals surface area contributed by atoms with E-state index in [-0.39, 0.29) is 17.4 Å². The number of aliphatic hydroxyl groups is 2. The maximum absolute atomic E-state index is 9.24. The highest BCUT2D eigenvalue weighted by Crippen LogP contribution is 2.24. The molecular weight excluding hydrogens is 156 g/mol. The molecule has 1 atom stereocenters. The van der Waals surface area contributed by atoms with Crippen LogP contribution in [0, 0.1) is 5.92 Å². The standard InChI is InChI=1S/C9H14O3/c1-5(2)8-4-7(10)9(11)6(3)12-8/h4-6,10-11H,1-3H3. The summed E-state index contributed by atoms with van der Waals surface area (Å²) in [7, 11) is 0. The highest BCUT2D eigenvalue weighted by Gasteiger charge is 2.21. The zero-order valence-corrected chi connectivity index (χ0v) is 7.53. The van der Waals surface area contributed by atoms with E-state index in [4.69, 9.17) is 4.74 Å². The normalized spacial score (nSPS) is 24.0. The summed E-state index contributed by atoms with van der Waals surface area (Å²) in [5, 5.41) is 18.4. The molecule has 1 aliphatic heterocycles. The van der Waals surface area contributed by atoms with Crippen molar-refractivity contribution >= 4 is 0 Å². The van der Waals surface area contributed by atoms with E-state index in [9.17, 15) is 10.2 Å². The lowest BCUT2D eigenvalue weighted by Gasteiger charge is -2.23. The van der Waals surface area contributed by atoms with Crippen LogP contribution in [0.2, 0.25) is 0 Å².